The SMILES string of the molecule is CC(C)(C)OC(=O)c1ccc2c(c1F)CCNC2. The molecule has 0 spiro atoms. The minimum atomic E-state index is -0.610. The summed E-state index contributed by atoms with van der Waals surface area (Å²) in [6.07, 6.45) is 0.609. The van der Waals surface area contributed by atoms with E-state index in [0.29, 0.717) is 18.5 Å². The highest BCUT2D eigenvalue weighted by Crippen LogP contribution is 2.23. The second-order valence-corrected chi connectivity index (χ2v) is 5.49. The van der Waals surface area contributed by atoms with Crippen LogP contribution in [0.15, 0.2) is 12.1 Å². The number of carbonyl (C=O) groups excluding carboxylic acids is 1. The summed E-state index contributed by atoms with van der Waals surface area (Å²) in [6, 6.07) is 3.30. The molecule has 0 saturated carbocycles. The highest BCUT2D eigenvalue weighted by Gasteiger charge is 2.24. The van der Waals surface area contributed by atoms with E-state index in [1.54, 1.807) is 26.8 Å². The molecule has 3 nitrogen and oxygen atoms in total. The van der Waals surface area contributed by atoms with Gasteiger partial charge in [0.1, 0.15) is 11.4 Å². The third kappa shape index (κ3) is 2.70. The van der Waals surface area contributed by atoms with Crippen molar-refractivity contribution in [2.45, 2.75) is 39.3 Å². The fraction of sp³-hybridized carbons (Fsp3) is 0.500. The van der Waals surface area contributed by atoms with E-state index in [9.17, 15) is 9.18 Å². The summed E-state index contributed by atoms with van der Waals surface area (Å²) >= 11 is 0. The fourth-order valence-corrected chi connectivity index (χ4v) is 2.02. The van der Waals surface area contributed by atoms with Crippen LogP contribution in [0.3, 0.4) is 0 Å². The van der Waals surface area contributed by atoms with Crippen LogP contribution in [0.5, 0.6) is 0 Å². The molecule has 1 aliphatic rings. The van der Waals surface area contributed by atoms with E-state index in [-0.39, 0.29) is 5.56 Å². The number of fused-ring (bicyclic) bond motifs is 1. The predicted molar refractivity (Wildman–Crippen MR) is 67.0 cm³/mol. The Morgan fingerprint density at radius 2 is 2.11 bits per heavy atom. The summed E-state index contributed by atoms with van der Waals surface area (Å²) in [6.45, 7) is 6.70. The molecule has 0 amide bonds. The molecule has 0 fully saturated rings. The van der Waals surface area contributed by atoms with Crippen molar-refractivity contribution in [3.8, 4) is 0 Å². The van der Waals surface area contributed by atoms with Gasteiger partial charge < -0.3 is 10.1 Å². The first kappa shape index (κ1) is 13.0. The minimum Gasteiger partial charge on any atom is -0.456 e. The van der Waals surface area contributed by atoms with Gasteiger partial charge in [0.15, 0.2) is 0 Å². The molecule has 0 saturated heterocycles. The van der Waals surface area contributed by atoms with Crippen molar-refractivity contribution in [2.24, 2.45) is 0 Å². The number of nitrogens with one attached hydrogen (secondary N) is 1. The van der Waals surface area contributed by atoms with E-state index in [1.165, 1.54) is 6.07 Å². The highest BCUT2D eigenvalue weighted by molar-refractivity contribution is 5.90. The lowest BCUT2D eigenvalue weighted by Gasteiger charge is -2.22. The average Bonchev–Trinajstić information content (AvgIpc) is 2.27. The zero-order valence-corrected chi connectivity index (χ0v) is 11.0. The van der Waals surface area contributed by atoms with Gasteiger partial charge >= 0.3 is 5.97 Å². The lowest BCUT2D eigenvalue weighted by molar-refractivity contribution is 0.00644. The summed E-state index contributed by atoms with van der Waals surface area (Å²) < 4.78 is 19.5. The van der Waals surface area contributed by atoms with Crippen LogP contribution in [0, 0.1) is 5.82 Å². The van der Waals surface area contributed by atoms with Crippen LogP contribution in [0.25, 0.3) is 0 Å². The maximum atomic E-state index is 14.3. The maximum Gasteiger partial charge on any atom is 0.341 e. The van der Waals surface area contributed by atoms with Gasteiger partial charge in [-0.2, -0.15) is 0 Å². The van der Waals surface area contributed by atoms with E-state index in [4.69, 9.17) is 4.74 Å². The van der Waals surface area contributed by atoms with Crippen LogP contribution in [-0.2, 0) is 17.7 Å². The lowest BCUT2D eigenvalue weighted by Crippen LogP contribution is -2.27. The zero-order valence-electron chi connectivity index (χ0n) is 11.0. The number of halogens is 1. The molecule has 1 aromatic rings. The second-order valence-electron chi connectivity index (χ2n) is 5.49. The molecule has 1 N–H and O–H groups in total. The number of ether oxygens (including phenoxy) is 1. The first-order valence-electron chi connectivity index (χ1n) is 6.13. The number of hydrogen-bond acceptors (Lipinski definition) is 3. The average molecular weight is 251 g/mol. The van der Waals surface area contributed by atoms with Gasteiger partial charge in [0.25, 0.3) is 0 Å². The molecule has 1 heterocycles. The van der Waals surface area contributed by atoms with Crippen LogP contribution in [0.4, 0.5) is 4.39 Å². The standard InChI is InChI=1S/C14H18FNO2/c1-14(2,3)18-13(17)11-5-4-9-8-16-7-6-10(9)12(11)15/h4-5,16H,6-8H2,1-3H3. The van der Waals surface area contributed by atoms with Crippen LogP contribution in [0.2, 0.25) is 0 Å². The summed E-state index contributed by atoms with van der Waals surface area (Å²) in [7, 11) is 0. The van der Waals surface area contributed by atoms with Crippen molar-refractivity contribution in [3.05, 3.63) is 34.6 Å². The first-order chi connectivity index (χ1) is 8.38. The van der Waals surface area contributed by atoms with Gasteiger partial charge in [0.2, 0.25) is 0 Å². The van der Waals surface area contributed by atoms with Gasteiger partial charge in [-0.3, -0.25) is 0 Å². The smallest absolute Gasteiger partial charge is 0.341 e. The molecular weight excluding hydrogens is 233 g/mol. The van der Waals surface area contributed by atoms with Gasteiger partial charge in [0, 0.05) is 6.54 Å². The minimum absolute atomic E-state index is 0.0329. The maximum absolute atomic E-state index is 14.3. The van der Waals surface area contributed by atoms with Crippen LogP contribution in [0.1, 0.15) is 42.3 Å². The zero-order chi connectivity index (χ0) is 13.3. The number of hydrogen-bond donors (Lipinski definition) is 1. The molecule has 2 rings (SSSR count). The Morgan fingerprint density at radius 3 is 2.78 bits per heavy atom. The Balaban J connectivity index is 2.32. The summed E-state index contributed by atoms with van der Waals surface area (Å²) in [4.78, 5) is 11.9. The molecule has 0 bridgehead atoms. The van der Waals surface area contributed by atoms with Crippen molar-refractivity contribution < 1.29 is 13.9 Å². The number of carbonyl (C=O) groups is 1. The van der Waals surface area contributed by atoms with E-state index in [0.717, 1.165) is 12.1 Å². The molecule has 0 aromatic heterocycles. The Morgan fingerprint density at radius 1 is 1.39 bits per heavy atom. The van der Waals surface area contributed by atoms with Crippen molar-refractivity contribution in [1.29, 1.82) is 0 Å². The quantitative estimate of drug-likeness (QED) is 0.779. The van der Waals surface area contributed by atoms with Crippen LogP contribution >= 0.6 is 0 Å². The molecule has 0 unspecified atom stereocenters. The van der Waals surface area contributed by atoms with Crippen LogP contribution < -0.4 is 5.32 Å². The molecule has 1 aromatic carbocycles. The third-order valence-corrected chi connectivity index (χ3v) is 2.83. The first-order valence-corrected chi connectivity index (χ1v) is 6.13. The molecule has 0 aliphatic carbocycles. The normalized spacial score (nSPS) is 15.1. The van der Waals surface area contributed by atoms with Gasteiger partial charge in [-0.1, -0.05) is 6.07 Å². The van der Waals surface area contributed by atoms with Gasteiger partial charge in [-0.25, -0.2) is 9.18 Å². The molecule has 1 aliphatic heterocycles. The molecule has 18 heavy (non-hydrogen) atoms. The largest absolute Gasteiger partial charge is 0.456 e. The fourth-order valence-electron chi connectivity index (χ4n) is 2.02. The number of esters is 1. The van der Waals surface area contributed by atoms with Crippen molar-refractivity contribution >= 4 is 5.97 Å². The van der Waals surface area contributed by atoms with E-state index >= 15 is 0 Å². The predicted octanol–water partition coefficient (Wildman–Crippen LogP) is 2.43. The summed E-state index contributed by atoms with van der Waals surface area (Å²) in [5.74, 6) is -1.02. The molecule has 98 valence electrons. The van der Waals surface area contributed by atoms with Gasteiger partial charge in [-0.05, 0) is 50.9 Å². The second kappa shape index (κ2) is 4.69. The molecular formula is C14H18FNO2. The van der Waals surface area contributed by atoms with Crippen LogP contribution in [-0.4, -0.2) is 18.1 Å². The molecule has 0 radical (unpaired) electrons. The summed E-state index contributed by atoms with van der Waals surface area (Å²) in [5.41, 5.74) is 0.981. The summed E-state index contributed by atoms with van der Waals surface area (Å²) in [5, 5.41) is 3.17. The lowest BCUT2D eigenvalue weighted by atomic mass is 9.97. The number of benzene rings is 1. The van der Waals surface area contributed by atoms with Crippen molar-refractivity contribution in [2.75, 3.05) is 6.54 Å². The van der Waals surface area contributed by atoms with Crippen molar-refractivity contribution in [3.63, 3.8) is 0 Å². The monoisotopic (exact) mass is 251 g/mol. The number of rotatable bonds is 1. The van der Waals surface area contributed by atoms with Gasteiger partial charge in [-0.15, -0.1) is 0 Å². The van der Waals surface area contributed by atoms with Crippen molar-refractivity contribution in [1.82, 2.24) is 5.32 Å². The van der Waals surface area contributed by atoms with E-state index < -0.39 is 17.4 Å². The van der Waals surface area contributed by atoms with E-state index in [2.05, 4.69) is 5.32 Å². The third-order valence-electron chi connectivity index (χ3n) is 2.83. The Labute approximate surface area is 106 Å². The molecule has 4 heteroatoms. The highest BCUT2D eigenvalue weighted by atomic mass is 19.1. The Kier molecular flexibility index (Phi) is 3.39. The molecule has 0 atom stereocenters. The van der Waals surface area contributed by atoms with E-state index in [1.807, 2.05) is 0 Å². The Bertz CT molecular complexity index is 477. The van der Waals surface area contributed by atoms with Gasteiger partial charge in [0.05, 0.1) is 5.56 Å². The Hall–Kier alpha value is -1.42. The topological polar surface area (TPSA) is 38.3 Å².